The minimum absolute atomic E-state index is 0.0589. The Morgan fingerprint density at radius 2 is 0.524 bits per heavy atom. The Balaban J connectivity index is 3.75. The number of rotatable bonds is 72. The van der Waals surface area contributed by atoms with Gasteiger partial charge in [0.25, 0.3) is 0 Å². The van der Waals surface area contributed by atoms with E-state index in [1.165, 1.54) is 353 Å². The highest BCUT2D eigenvalue weighted by molar-refractivity contribution is 7.47. The molecule has 0 aliphatic heterocycles. The Morgan fingerprint density at radius 1 is 0.317 bits per heavy atom. The van der Waals surface area contributed by atoms with Gasteiger partial charge in [0.1, 0.15) is 6.61 Å². The zero-order chi connectivity index (χ0) is 59.4. The van der Waals surface area contributed by atoms with E-state index in [2.05, 4.69) is 13.8 Å². The van der Waals surface area contributed by atoms with Gasteiger partial charge >= 0.3 is 19.8 Å². The van der Waals surface area contributed by atoms with Crippen molar-refractivity contribution in [1.82, 2.24) is 0 Å². The summed E-state index contributed by atoms with van der Waals surface area (Å²) in [6, 6.07) is 0. The first-order valence-electron chi connectivity index (χ1n) is 37.0. The molecule has 0 radical (unpaired) electrons. The van der Waals surface area contributed by atoms with Crippen LogP contribution in [0.15, 0.2) is 0 Å². The molecule has 0 amide bonds. The highest BCUT2D eigenvalue weighted by Gasteiger charge is 2.26. The number of ether oxygens (including phenoxy) is 2. The molecule has 0 heterocycles. The van der Waals surface area contributed by atoms with Crippen LogP contribution in [0.2, 0.25) is 0 Å². The van der Waals surface area contributed by atoms with Crippen molar-refractivity contribution in [3.05, 3.63) is 0 Å². The van der Waals surface area contributed by atoms with Crippen LogP contribution in [0.25, 0.3) is 0 Å². The second-order valence-corrected chi connectivity index (χ2v) is 27.0. The van der Waals surface area contributed by atoms with Gasteiger partial charge in [-0.2, -0.15) is 0 Å². The van der Waals surface area contributed by atoms with Crippen LogP contribution >= 0.6 is 7.82 Å². The molecule has 0 aromatic rings. The van der Waals surface area contributed by atoms with Gasteiger partial charge in [-0.3, -0.25) is 18.6 Å². The number of carbonyl (C=O) groups is 2. The molecule has 0 aliphatic carbocycles. The largest absolute Gasteiger partial charge is 0.472 e. The van der Waals surface area contributed by atoms with Crippen LogP contribution in [0.5, 0.6) is 0 Å². The highest BCUT2D eigenvalue weighted by atomic mass is 31.2. The molecule has 82 heavy (non-hydrogen) atoms. The summed E-state index contributed by atoms with van der Waals surface area (Å²) in [4.78, 5) is 35.4. The zero-order valence-corrected chi connectivity index (χ0v) is 56.2. The van der Waals surface area contributed by atoms with E-state index in [9.17, 15) is 19.0 Å². The number of esters is 2. The van der Waals surface area contributed by atoms with Crippen molar-refractivity contribution in [2.45, 2.75) is 424 Å². The normalized spacial score (nSPS) is 12.8. The molecule has 490 valence electrons. The predicted molar refractivity (Wildman–Crippen MR) is 354 cm³/mol. The van der Waals surface area contributed by atoms with Crippen molar-refractivity contribution in [2.24, 2.45) is 5.73 Å². The van der Waals surface area contributed by atoms with Crippen LogP contribution in [0, 0.1) is 0 Å². The van der Waals surface area contributed by atoms with Crippen LogP contribution in [-0.2, 0) is 32.7 Å². The van der Waals surface area contributed by atoms with Crippen LogP contribution in [-0.4, -0.2) is 49.3 Å². The Hall–Kier alpha value is -0.990. The molecule has 10 heteroatoms. The van der Waals surface area contributed by atoms with Gasteiger partial charge in [0, 0.05) is 19.4 Å². The van der Waals surface area contributed by atoms with E-state index in [-0.39, 0.29) is 32.1 Å². The fraction of sp³-hybridized carbons (Fsp3) is 0.972. The summed E-state index contributed by atoms with van der Waals surface area (Å²) in [5.74, 6) is -0.796. The molecule has 0 spiro atoms. The predicted octanol–water partition coefficient (Wildman–Crippen LogP) is 24.1. The molecule has 3 N–H and O–H groups in total. The maximum Gasteiger partial charge on any atom is 0.472 e. The van der Waals surface area contributed by atoms with Crippen molar-refractivity contribution < 1.29 is 37.6 Å². The van der Waals surface area contributed by atoms with E-state index in [0.29, 0.717) is 12.8 Å². The first-order chi connectivity index (χ1) is 40.3. The van der Waals surface area contributed by atoms with Crippen molar-refractivity contribution in [3.63, 3.8) is 0 Å². The molecule has 2 unspecified atom stereocenters. The third kappa shape index (κ3) is 68.1. The molecule has 0 saturated carbocycles. The fourth-order valence-corrected chi connectivity index (χ4v) is 12.5. The second-order valence-electron chi connectivity index (χ2n) is 25.5. The lowest BCUT2D eigenvalue weighted by molar-refractivity contribution is -0.161. The summed E-state index contributed by atoms with van der Waals surface area (Å²) in [5.41, 5.74) is 5.41. The molecule has 0 bridgehead atoms. The molecule has 0 fully saturated rings. The van der Waals surface area contributed by atoms with Crippen molar-refractivity contribution in [3.8, 4) is 0 Å². The average Bonchev–Trinajstić information content (AvgIpc) is 3.49. The number of nitrogens with two attached hydrogens (primary N) is 1. The summed E-state index contributed by atoms with van der Waals surface area (Å²) in [7, 11) is -4.39. The maximum atomic E-state index is 12.8. The van der Waals surface area contributed by atoms with Gasteiger partial charge in [-0.1, -0.05) is 393 Å². The maximum absolute atomic E-state index is 12.8. The highest BCUT2D eigenvalue weighted by Crippen LogP contribution is 2.43. The Kier molecular flexibility index (Phi) is 68.3. The first-order valence-corrected chi connectivity index (χ1v) is 38.5. The average molecular weight is 1180 g/mol. The van der Waals surface area contributed by atoms with E-state index in [4.69, 9.17) is 24.3 Å². The van der Waals surface area contributed by atoms with E-state index in [0.717, 1.165) is 32.1 Å². The van der Waals surface area contributed by atoms with Gasteiger partial charge in [0.15, 0.2) is 6.10 Å². The Morgan fingerprint density at radius 3 is 0.744 bits per heavy atom. The lowest BCUT2D eigenvalue weighted by Crippen LogP contribution is -2.29. The summed E-state index contributed by atoms with van der Waals surface area (Å²) < 4.78 is 33.2. The standard InChI is InChI=1S/C72H144NO8P/c1-3-5-7-9-11-13-15-17-19-21-23-25-27-29-31-32-33-34-35-36-37-38-39-41-43-45-47-49-51-53-55-57-59-61-63-65-72(75)81-70(69-80-82(76,77)79-67-66-73)68-78-71(74)64-62-60-58-56-54-52-50-48-46-44-42-40-30-28-26-24-22-20-18-16-14-12-10-8-6-4-2/h70H,3-69,73H2,1-2H3,(H,76,77). The van der Waals surface area contributed by atoms with Crippen LogP contribution in [0.1, 0.15) is 418 Å². The van der Waals surface area contributed by atoms with E-state index < -0.39 is 26.5 Å². The molecule has 0 rings (SSSR count). The third-order valence-electron chi connectivity index (χ3n) is 17.2. The quantitative estimate of drug-likeness (QED) is 0.0347. The number of phosphoric acid groups is 1. The summed E-state index contributed by atoms with van der Waals surface area (Å²) in [6.07, 6.45) is 82.3. The fourth-order valence-electron chi connectivity index (χ4n) is 11.8. The van der Waals surface area contributed by atoms with E-state index in [1.807, 2.05) is 0 Å². The van der Waals surface area contributed by atoms with Crippen molar-refractivity contribution in [1.29, 1.82) is 0 Å². The molecule has 0 aromatic heterocycles. The number of phosphoric ester groups is 1. The van der Waals surface area contributed by atoms with Gasteiger partial charge < -0.3 is 20.1 Å². The SMILES string of the molecule is CCCCCCCCCCCCCCCCCCCCCCCCCCCCCCCCCCCCCC(=O)OC(COC(=O)CCCCCCCCCCCCCCCCCCCCCCCCCCCC)COP(=O)(O)OCCN. The lowest BCUT2D eigenvalue weighted by atomic mass is 10.0. The number of carbonyl (C=O) groups excluding carboxylic acids is 2. The van der Waals surface area contributed by atoms with Crippen molar-refractivity contribution >= 4 is 19.8 Å². The van der Waals surface area contributed by atoms with E-state index in [1.54, 1.807) is 0 Å². The number of hydrogen-bond donors (Lipinski definition) is 2. The third-order valence-corrected chi connectivity index (χ3v) is 18.2. The van der Waals surface area contributed by atoms with Crippen molar-refractivity contribution in [2.75, 3.05) is 26.4 Å². The van der Waals surface area contributed by atoms with Gasteiger partial charge in [0.05, 0.1) is 13.2 Å². The minimum Gasteiger partial charge on any atom is -0.462 e. The zero-order valence-electron chi connectivity index (χ0n) is 55.3. The summed E-state index contributed by atoms with van der Waals surface area (Å²) in [6.45, 7) is 3.85. The van der Waals surface area contributed by atoms with E-state index >= 15 is 0 Å². The summed E-state index contributed by atoms with van der Waals surface area (Å²) in [5, 5.41) is 0. The van der Waals surface area contributed by atoms with Gasteiger partial charge in [-0.05, 0) is 12.8 Å². The lowest BCUT2D eigenvalue weighted by Gasteiger charge is -2.19. The first kappa shape index (κ1) is 81.0. The molecular formula is C72H144NO8P. The Labute approximate surface area is 511 Å². The molecular weight excluding hydrogens is 1040 g/mol. The Bertz CT molecular complexity index is 1300. The molecule has 2 atom stereocenters. The van der Waals surface area contributed by atoms with Crippen LogP contribution in [0.4, 0.5) is 0 Å². The van der Waals surface area contributed by atoms with Gasteiger partial charge in [-0.25, -0.2) is 4.57 Å². The molecule has 0 aliphatic rings. The number of unbranched alkanes of at least 4 members (excludes halogenated alkanes) is 59. The summed E-state index contributed by atoms with van der Waals surface area (Å²) >= 11 is 0. The van der Waals surface area contributed by atoms with Crippen LogP contribution in [0.3, 0.4) is 0 Å². The monoisotopic (exact) mass is 1180 g/mol. The molecule has 0 saturated heterocycles. The minimum atomic E-state index is -4.39. The smallest absolute Gasteiger partial charge is 0.462 e. The molecule has 9 nitrogen and oxygen atoms in total. The second kappa shape index (κ2) is 69.1. The molecule has 0 aromatic carbocycles. The van der Waals surface area contributed by atoms with Crippen LogP contribution < -0.4 is 5.73 Å². The topological polar surface area (TPSA) is 134 Å². The van der Waals surface area contributed by atoms with Gasteiger partial charge in [-0.15, -0.1) is 0 Å². The van der Waals surface area contributed by atoms with Gasteiger partial charge in [0.2, 0.25) is 0 Å². The number of hydrogen-bond acceptors (Lipinski definition) is 8.